The van der Waals surface area contributed by atoms with Gasteiger partial charge in [0.05, 0.1) is 30.2 Å². The lowest BCUT2D eigenvalue weighted by Gasteiger charge is -2.22. The maximum atomic E-state index is 12.7. The van der Waals surface area contributed by atoms with Gasteiger partial charge in [-0.1, -0.05) is 6.58 Å². The van der Waals surface area contributed by atoms with Crippen LogP contribution in [0.5, 0.6) is 11.5 Å². The van der Waals surface area contributed by atoms with E-state index in [4.69, 9.17) is 9.47 Å². The third-order valence-electron chi connectivity index (χ3n) is 5.95. The van der Waals surface area contributed by atoms with Gasteiger partial charge >= 0.3 is 12.1 Å². The number of hydrogen-bond donors (Lipinski definition) is 1. The maximum Gasteiger partial charge on any atom is 0.331 e. The van der Waals surface area contributed by atoms with Crippen molar-refractivity contribution in [3.05, 3.63) is 55.1 Å². The molecular formula is C24H25N7O4. The summed E-state index contributed by atoms with van der Waals surface area (Å²) < 4.78 is 13.0. The van der Waals surface area contributed by atoms with E-state index in [0.29, 0.717) is 55.0 Å². The van der Waals surface area contributed by atoms with Crippen molar-refractivity contribution in [1.29, 1.82) is 0 Å². The van der Waals surface area contributed by atoms with E-state index in [2.05, 4.69) is 27.0 Å². The highest BCUT2D eigenvalue weighted by atomic mass is 16.5. The number of carbonyl (C=O) groups excluding carboxylic acids is 2. The van der Waals surface area contributed by atoms with Crippen molar-refractivity contribution in [2.24, 2.45) is 0 Å². The summed E-state index contributed by atoms with van der Waals surface area (Å²) in [5.74, 6) is 1.45. The fourth-order valence-corrected chi connectivity index (χ4v) is 4.08. The third-order valence-corrected chi connectivity index (χ3v) is 5.95. The first-order valence-electron chi connectivity index (χ1n) is 11.3. The number of aromatic nitrogens is 4. The van der Waals surface area contributed by atoms with Gasteiger partial charge in [0.2, 0.25) is 0 Å². The molecular weight excluding hydrogens is 450 g/mol. The van der Waals surface area contributed by atoms with Crippen LogP contribution < -0.4 is 10.1 Å². The SMILES string of the molecule is C=Cn1cc(-c2cc(Oc3ccc(NC(=O)N4CCN([C@@H]5CCOC5)C4=O)nc3C)ccn2)cn1. The van der Waals surface area contributed by atoms with Gasteiger partial charge in [0.1, 0.15) is 17.3 Å². The Bertz CT molecular complexity index is 1270. The van der Waals surface area contributed by atoms with E-state index in [9.17, 15) is 9.59 Å². The number of aryl methyl sites for hydroxylation is 1. The summed E-state index contributed by atoms with van der Waals surface area (Å²) in [4.78, 5) is 37.1. The van der Waals surface area contributed by atoms with Crippen LogP contribution in [-0.2, 0) is 4.74 Å². The molecule has 1 atom stereocenters. The average Bonchev–Trinajstić information content (AvgIpc) is 3.62. The predicted molar refractivity (Wildman–Crippen MR) is 128 cm³/mol. The molecule has 11 heteroatoms. The molecule has 35 heavy (non-hydrogen) atoms. The quantitative estimate of drug-likeness (QED) is 0.579. The minimum Gasteiger partial charge on any atom is -0.455 e. The molecule has 5 heterocycles. The van der Waals surface area contributed by atoms with E-state index in [-0.39, 0.29) is 12.1 Å². The molecule has 3 aromatic rings. The molecule has 1 N–H and O–H groups in total. The molecule has 2 fully saturated rings. The first-order chi connectivity index (χ1) is 17.0. The Labute approximate surface area is 202 Å². The summed E-state index contributed by atoms with van der Waals surface area (Å²) in [5, 5.41) is 6.88. The molecule has 0 saturated carbocycles. The summed E-state index contributed by atoms with van der Waals surface area (Å²) in [7, 11) is 0. The Balaban J connectivity index is 1.24. The number of pyridine rings is 2. The second-order valence-electron chi connectivity index (χ2n) is 8.23. The van der Waals surface area contributed by atoms with Gasteiger partial charge in [-0.2, -0.15) is 5.10 Å². The molecule has 0 radical (unpaired) electrons. The third kappa shape index (κ3) is 4.71. The number of nitrogens with zero attached hydrogens (tertiary/aromatic N) is 6. The molecule has 5 rings (SSSR count). The number of carbonyl (C=O) groups is 2. The standard InChI is InChI=1S/C24H25N7O4/c1-3-29-14-17(13-26-29)20-12-19(6-8-25-20)35-21-4-5-22(27-16(21)2)28-23(32)31-10-9-30(24(31)33)18-7-11-34-15-18/h3-6,8,12-14,18H,1,7,9-11,15H2,2H3,(H,27,28,32)/t18-/m1/s1. The molecule has 180 valence electrons. The molecule has 2 aliphatic heterocycles. The van der Waals surface area contributed by atoms with Crippen LogP contribution in [0.4, 0.5) is 15.4 Å². The van der Waals surface area contributed by atoms with Gasteiger partial charge in [-0.15, -0.1) is 0 Å². The number of imide groups is 1. The molecule has 0 aromatic carbocycles. The summed E-state index contributed by atoms with van der Waals surface area (Å²) in [5.41, 5.74) is 2.12. The van der Waals surface area contributed by atoms with E-state index >= 15 is 0 Å². The molecule has 11 nitrogen and oxygen atoms in total. The molecule has 0 unspecified atom stereocenters. The zero-order chi connectivity index (χ0) is 24.4. The lowest BCUT2D eigenvalue weighted by molar-refractivity contribution is 0.154. The molecule has 2 aliphatic rings. The van der Waals surface area contributed by atoms with Crippen molar-refractivity contribution < 1.29 is 19.1 Å². The highest BCUT2D eigenvalue weighted by molar-refractivity contribution is 6.01. The van der Waals surface area contributed by atoms with Gasteiger partial charge in [0.25, 0.3) is 0 Å². The van der Waals surface area contributed by atoms with Crippen molar-refractivity contribution in [1.82, 2.24) is 29.5 Å². The number of hydrogen-bond acceptors (Lipinski definition) is 7. The zero-order valence-corrected chi connectivity index (χ0v) is 19.3. The number of amides is 4. The number of urea groups is 2. The van der Waals surface area contributed by atoms with Crippen molar-refractivity contribution in [3.8, 4) is 22.8 Å². The molecule has 3 aromatic heterocycles. The number of rotatable bonds is 6. The van der Waals surface area contributed by atoms with Crippen molar-refractivity contribution in [2.75, 3.05) is 31.6 Å². The Morgan fingerprint density at radius 2 is 2.20 bits per heavy atom. The lowest BCUT2D eigenvalue weighted by atomic mass is 10.2. The van der Waals surface area contributed by atoms with Crippen LogP contribution in [0.2, 0.25) is 0 Å². The van der Waals surface area contributed by atoms with Crippen molar-refractivity contribution in [2.45, 2.75) is 19.4 Å². The molecule has 0 aliphatic carbocycles. The summed E-state index contributed by atoms with van der Waals surface area (Å²) >= 11 is 0. The average molecular weight is 476 g/mol. The first kappa shape index (κ1) is 22.5. The van der Waals surface area contributed by atoms with Crippen LogP contribution in [0.15, 0.2) is 49.4 Å². The fourth-order valence-electron chi connectivity index (χ4n) is 4.08. The van der Waals surface area contributed by atoms with Crippen LogP contribution in [0.3, 0.4) is 0 Å². The predicted octanol–water partition coefficient (Wildman–Crippen LogP) is 3.60. The van der Waals surface area contributed by atoms with Crippen LogP contribution in [0, 0.1) is 6.92 Å². The molecule has 0 spiro atoms. The largest absolute Gasteiger partial charge is 0.455 e. The minimum atomic E-state index is -0.504. The van der Waals surface area contributed by atoms with Crippen LogP contribution in [-0.4, -0.2) is 74.0 Å². The second kappa shape index (κ2) is 9.55. The van der Waals surface area contributed by atoms with Gasteiger partial charge < -0.3 is 14.4 Å². The minimum absolute atomic E-state index is 0.0315. The smallest absolute Gasteiger partial charge is 0.331 e. The van der Waals surface area contributed by atoms with Crippen LogP contribution in [0.25, 0.3) is 17.5 Å². The van der Waals surface area contributed by atoms with Gasteiger partial charge in [0.15, 0.2) is 0 Å². The van der Waals surface area contributed by atoms with E-state index in [1.54, 1.807) is 59.4 Å². The van der Waals surface area contributed by atoms with Crippen LogP contribution >= 0.6 is 0 Å². The highest BCUT2D eigenvalue weighted by Crippen LogP contribution is 2.28. The van der Waals surface area contributed by atoms with Crippen molar-refractivity contribution in [3.63, 3.8) is 0 Å². The molecule has 0 bridgehead atoms. The van der Waals surface area contributed by atoms with Crippen LogP contribution in [0.1, 0.15) is 12.1 Å². The van der Waals surface area contributed by atoms with E-state index < -0.39 is 6.03 Å². The topological polar surface area (TPSA) is 115 Å². The van der Waals surface area contributed by atoms with Gasteiger partial charge in [-0.05, 0) is 31.5 Å². The van der Waals surface area contributed by atoms with E-state index in [1.807, 2.05) is 6.20 Å². The Morgan fingerprint density at radius 1 is 1.31 bits per heavy atom. The molecule has 2 saturated heterocycles. The van der Waals surface area contributed by atoms with E-state index in [1.165, 1.54) is 4.90 Å². The summed E-state index contributed by atoms with van der Waals surface area (Å²) in [6, 6.07) is 6.14. The Hall–Kier alpha value is -4.25. The number of nitrogens with one attached hydrogen (secondary N) is 1. The number of anilines is 1. The zero-order valence-electron chi connectivity index (χ0n) is 19.3. The monoisotopic (exact) mass is 475 g/mol. The number of ether oxygens (including phenoxy) is 2. The fraction of sp³-hybridized carbons (Fsp3) is 0.292. The van der Waals surface area contributed by atoms with Gasteiger partial charge in [-0.3, -0.25) is 10.3 Å². The normalized spacial score (nSPS) is 17.6. The van der Waals surface area contributed by atoms with E-state index in [0.717, 1.165) is 12.0 Å². The van der Waals surface area contributed by atoms with Gasteiger partial charge in [0, 0.05) is 49.9 Å². The maximum absolute atomic E-state index is 12.7. The Kier molecular flexibility index (Phi) is 6.15. The first-order valence-corrected chi connectivity index (χ1v) is 11.3. The Morgan fingerprint density at radius 3 is 2.94 bits per heavy atom. The second-order valence-corrected chi connectivity index (χ2v) is 8.23. The lowest BCUT2D eigenvalue weighted by Crippen LogP contribution is -2.43. The molecule has 4 amide bonds. The van der Waals surface area contributed by atoms with Crippen molar-refractivity contribution >= 4 is 24.1 Å². The van der Waals surface area contributed by atoms with Gasteiger partial charge in [-0.25, -0.2) is 24.2 Å². The summed E-state index contributed by atoms with van der Waals surface area (Å²) in [6.45, 7) is 7.45. The highest BCUT2D eigenvalue weighted by Gasteiger charge is 2.38. The summed E-state index contributed by atoms with van der Waals surface area (Å²) in [6.07, 6.45) is 7.56.